The van der Waals surface area contributed by atoms with Crippen molar-refractivity contribution >= 4 is 29.4 Å². The monoisotopic (exact) mass is 477 g/mol. The highest BCUT2D eigenvalue weighted by atomic mass is 35.5. The van der Waals surface area contributed by atoms with Gasteiger partial charge in [0.1, 0.15) is 6.61 Å². The van der Waals surface area contributed by atoms with Crippen LogP contribution in [0.1, 0.15) is 41.3 Å². The number of hydrogen-bond donors (Lipinski definition) is 1. The molecule has 7 heteroatoms. The first-order valence-electron chi connectivity index (χ1n) is 11.4. The molecular formula is C27H28ClN3O3. The zero-order chi connectivity index (χ0) is 23.8. The van der Waals surface area contributed by atoms with Gasteiger partial charge in [-0.1, -0.05) is 23.7 Å². The molecular weight excluding hydrogens is 450 g/mol. The minimum absolute atomic E-state index is 0.253. The van der Waals surface area contributed by atoms with E-state index in [0.717, 1.165) is 29.9 Å². The molecule has 1 heterocycles. The number of amides is 1. The molecule has 176 valence electrons. The average Bonchev–Trinajstić information content (AvgIpc) is 3.40. The number of benzene rings is 3. The Bertz CT molecular complexity index is 1120. The molecule has 0 spiro atoms. The van der Waals surface area contributed by atoms with E-state index < -0.39 is 0 Å². The first-order chi connectivity index (χ1) is 16.6. The fourth-order valence-corrected chi connectivity index (χ4v) is 3.89. The number of hydrazone groups is 1. The van der Waals surface area contributed by atoms with Crippen LogP contribution >= 0.6 is 11.6 Å². The summed E-state index contributed by atoms with van der Waals surface area (Å²) in [6.45, 7) is 4.97. The van der Waals surface area contributed by atoms with E-state index in [1.54, 1.807) is 6.21 Å². The summed E-state index contributed by atoms with van der Waals surface area (Å²) in [5, 5.41) is 4.80. The van der Waals surface area contributed by atoms with E-state index in [4.69, 9.17) is 21.1 Å². The molecule has 1 aliphatic rings. The summed E-state index contributed by atoms with van der Waals surface area (Å²) >= 11 is 5.94. The first kappa shape index (κ1) is 23.6. The van der Waals surface area contributed by atoms with Crippen molar-refractivity contribution in [3.05, 3.63) is 88.4 Å². The number of halogens is 1. The number of rotatable bonds is 9. The van der Waals surface area contributed by atoms with E-state index in [9.17, 15) is 4.79 Å². The molecule has 0 aromatic heterocycles. The maximum absolute atomic E-state index is 12.4. The molecule has 0 unspecified atom stereocenters. The second kappa shape index (κ2) is 11.6. The van der Waals surface area contributed by atoms with Gasteiger partial charge < -0.3 is 14.4 Å². The van der Waals surface area contributed by atoms with E-state index in [1.807, 2.05) is 73.7 Å². The Morgan fingerprint density at radius 2 is 1.74 bits per heavy atom. The predicted molar refractivity (Wildman–Crippen MR) is 136 cm³/mol. The van der Waals surface area contributed by atoms with E-state index >= 15 is 0 Å². The minimum atomic E-state index is -0.253. The van der Waals surface area contributed by atoms with Gasteiger partial charge in [0.2, 0.25) is 0 Å². The molecule has 0 radical (unpaired) electrons. The Balaban J connectivity index is 1.35. The molecule has 1 amide bonds. The summed E-state index contributed by atoms with van der Waals surface area (Å²) in [7, 11) is 0. The van der Waals surface area contributed by atoms with Gasteiger partial charge in [-0.25, -0.2) is 5.43 Å². The second-order valence-electron chi connectivity index (χ2n) is 7.99. The molecule has 34 heavy (non-hydrogen) atoms. The Morgan fingerprint density at radius 3 is 2.44 bits per heavy atom. The predicted octanol–water partition coefficient (Wildman–Crippen LogP) is 5.68. The first-order valence-corrected chi connectivity index (χ1v) is 11.8. The largest absolute Gasteiger partial charge is 0.490 e. The van der Waals surface area contributed by atoms with Gasteiger partial charge in [0.15, 0.2) is 11.5 Å². The number of anilines is 1. The van der Waals surface area contributed by atoms with Crippen molar-refractivity contribution in [3.63, 3.8) is 0 Å². The fourth-order valence-electron chi connectivity index (χ4n) is 3.76. The number of nitrogens with one attached hydrogen (secondary N) is 1. The van der Waals surface area contributed by atoms with Crippen LogP contribution in [0.5, 0.6) is 11.5 Å². The standard InChI is InChI=1S/C27H28ClN3O3/c1-2-33-26-17-21(7-14-25(26)34-19-20-5-10-23(28)11-6-20)18-29-30-27(32)22-8-12-24(13-9-22)31-15-3-4-16-31/h5-14,17-18H,2-4,15-16,19H2,1H3,(H,30,32)/b29-18-. The third kappa shape index (κ3) is 6.29. The molecule has 6 nitrogen and oxygen atoms in total. The highest BCUT2D eigenvalue weighted by Gasteiger charge is 2.13. The lowest BCUT2D eigenvalue weighted by Gasteiger charge is -2.17. The Labute approximate surface area is 205 Å². The van der Waals surface area contributed by atoms with Crippen LogP contribution in [0.15, 0.2) is 71.8 Å². The second-order valence-corrected chi connectivity index (χ2v) is 8.43. The van der Waals surface area contributed by atoms with Crippen LogP contribution in [0.4, 0.5) is 5.69 Å². The topological polar surface area (TPSA) is 63.2 Å². The molecule has 1 N–H and O–H groups in total. The molecule has 4 rings (SSSR count). The van der Waals surface area contributed by atoms with Gasteiger partial charge >= 0.3 is 0 Å². The van der Waals surface area contributed by atoms with Gasteiger partial charge in [0.25, 0.3) is 5.91 Å². The van der Waals surface area contributed by atoms with Crippen molar-refractivity contribution in [1.82, 2.24) is 5.43 Å². The fraction of sp³-hybridized carbons (Fsp3) is 0.259. The van der Waals surface area contributed by atoms with Gasteiger partial charge in [-0.3, -0.25) is 4.79 Å². The maximum atomic E-state index is 12.4. The summed E-state index contributed by atoms with van der Waals surface area (Å²) in [6, 6.07) is 20.7. The van der Waals surface area contributed by atoms with Crippen LogP contribution < -0.4 is 19.8 Å². The lowest BCUT2D eigenvalue weighted by molar-refractivity contribution is 0.0955. The van der Waals surface area contributed by atoms with E-state index in [-0.39, 0.29) is 5.91 Å². The molecule has 1 aliphatic heterocycles. The zero-order valence-electron chi connectivity index (χ0n) is 19.2. The van der Waals surface area contributed by atoms with Gasteiger partial charge in [0.05, 0.1) is 12.8 Å². The van der Waals surface area contributed by atoms with Gasteiger partial charge in [-0.2, -0.15) is 5.10 Å². The molecule has 3 aromatic carbocycles. The summed E-state index contributed by atoms with van der Waals surface area (Å²) in [4.78, 5) is 14.8. The summed E-state index contributed by atoms with van der Waals surface area (Å²) in [5.41, 5.74) is 6.10. The van der Waals surface area contributed by atoms with Crippen molar-refractivity contribution in [1.29, 1.82) is 0 Å². The van der Waals surface area contributed by atoms with Crippen molar-refractivity contribution in [2.24, 2.45) is 5.10 Å². The van der Waals surface area contributed by atoms with Gasteiger partial charge in [-0.15, -0.1) is 0 Å². The van der Waals surface area contributed by atoms with E-state index in [2.05, 4.69) is 15.4 Å². The van der Waals surface area contributed by atoms with Crippen molar-refractivity contribution < 1.29 is 14.3 Å². The quantitative estimate of drug-likeness (QED) is 0.318. The Morgan fingerprint density at radius 1 is 1.00 bits per heavy atom. The zero-order valence-corrected chi connectivity index (χ0v) is 19.9. The average molecular weight is 478 g/mol. The van der Waals surface area contributed by atoms with Crippen LogP contribution in [-0.4, -0.2) is 31.8 Å². The smallest absolute Gasteiger partial charge is 0.271 e. The summed E-state index contributed by atoms with van der Waals surface area (Å²) < 4.78 is 11.7. The van der Waals surface area contributed by atoms with Gasteiger partial charge in [-0.05, 0) is 85.5 Å². The molecule has 1 fully saturated rings. The molecule has 3 aromatic rings. The minimum Gasteiger partial charge on any atom is -0.490 e. The Kier molecular flexibility index (Phi) is 8.04. The van der Waals surface area contributed by atoms with Crippen LogP contribution in [0.25, 0.3) is 0 Å². The van der Waals surface area contributed by atoms with Crippen LogP contribution in [-0.2, 0) is 6.61 Å². The number of nitrogens with zero attached hydrogens (tertiary/aromatic N) is 2. The number of hydrogen-bond acceptors (Lipinski definition) is 5. The third-order valence-corrected chi connectivity index (χ3v) is 5.81. The van der Waals surface area contributed by atoms with Gasteiger partial charge in [0, 0.05) is 29.4 Å². The molecule has 1 saturated heterocycles. The molecule has 0 aliphatic carbocycles. The summed E-state index contributed by atoms with van der Waals surface area (Å²) in [6.07, 6.45) is 4.02. The normalized spacial score (nSPS) is 13.3. The Hall–Kier alpha value is -3.51. The highest BCUT2D eigenvalue weighted by molar-refractivity contribution is 6.30. The van der Waals surface area contributed by atoms with Crippen LogP contribution in [0.3, 0.4) is 0 Å². The van der Waals surface area contributed by atoms with Crippen LogP contribution in [0, 0.1) is 0 Å². The lowest BCUT2D eigenvalue weighted by Crippen LogP contribution is -2.19. The third-order valence-electron chi connectivity index (χ3n) is 5.56. The number of carbonyl (C=O) groups is 1. The molecule has 0 bridgehead atoms. The van der Waals surface area contributed by atoms with Crippen molar-refractivity contribution in [2.45, 2.75) is 26.4 Å². The lowest BCUT2D eigenvalue weighted by atomic mass is 10.2. The van der Waals surface area contributed by atoms with Crippen LogP contribution in [0.2, 0.25) is 5.02 Å². The SMILES string of the molecule is CCOc1cc(/C=N\NC(=O)c2ccc(N3CCCC3)cc2)ccc1OCc1ccc(Cl)cc1. The number of ether oxygens (including phenoxy) is 2. The van der Waals surface area contributed by atoms with E-state index in [1.165, 1.54) is 12.8 Å². The molecule has 0 saturated carbocycles. The number of carbonyl (C=O) groups excluding carboxylic acids is 1. The van der Waals surface area contributed by atoms with E-state index in [0.29, 0.717) is 35.3 Å². The van der Waals surface area contributed by atoms with Crippen molar-refractivity contribution in [2.75, 3.05) is 24.6 Å². The summed E-state index contributed by atoms with van der Waals surface area (Å²) in [5.74, 6) is 0.998. The highest BCUT2D eigenvalue weighted by Crippen LogP contribution is 2.29. The maximum Gasteiger partial charge on any atom is 0.271 e. The van der Waals surface area contributed by atoms with Crippen molar-refractivity contribution in [3.8, 4) is 11.5 Å². The molecule has 0 atom stereocenters.